The smallest absolute Gasteiger partial charge is 0.327 e. The molecule has 2 unspecified atom stereocenters. The van der Waals surface area contributed by atoms with Gasteiger partial charge in [-0.1, -0.05) is 30.0 Å². The maximum Gasteiger partial charge on any atom is 0.327 e. The molecule has 1 fully saturated rings. The zero-order valence-corrected chi connectivity index (χ0v) is 21.5. The molecule has 0 bridgehead atoms. The van der Waals surface area contributed by atoms with E-state index < -0.39 is 11.3 Å². The molecule has 190 valence electrons. The Kier molecular flexibility index (Phi) is 6.26. The summed E-state index contributed by atoms with van der Waals surface area (Å²) >= 11 is 1.43. The van der Waals surface area contributed by atoms with Gasteiger partial charge in [0.25, 0.3) is 0 Å². The lowest BCUT2D eigenvalue weighted by molar-refractivity contribution is -0.121. The molecular weight excluding hydrogens is 486 g/mol. The predicted molar refractivity (Wildman–Crippen MR) is 144 cm³/mol. The van der Waals surface area contributed by atoms with E-state index in [2.05, 4.69) is 20.9 Å². The van der Waals surface area contributed by atoms with E-state index >= 15 is 0 Å². The molecule has 0 saturated heterocycles. The number of ether oxygens (including phenoxy) is 1. The molecule has 0 radical (unpaired) electrons. The highest BCUT2D eigenvalue weighted by Crippen LogP contribution is 2.51. The molecule has 9 heteroatoms. The van der Waals surface area contributed by atoms with Crippen LogP contribution in [-0.4, -0.2) is 41.3 Å². The van der Waals surface area contributed by atoms with Gasteiger partial charge < -0.3 is 20.7 Å². The predicted octanol–water partition coefficient (Wildman–Crippen LogP) is 4.82. The minimum atomic E-state index is -0.462. The van der Waals surface area contributed by atoms with E-state index in [1.807, 2.05) is 68.6 Å². The van der Waals surface area contributed by atoms with Crippen LogP contribution in [0.2, 0.25) is 0 Å². The van der Waals surface area contributed by atoms with Gasteiger partial charge in [-0.2, -0.15) is 0 Å². The van der Waals surface area contributed by atoms with Crippen LogP contribution in [0.4, 0.5) is 16.2 Å². The Balaban J connectivity index is 1.27. The van der Waals surface area contributed by atoms with Gasteiger partial charge in [0, 0.05) is 23.8 Å². The van der Waals surface area contributed by atoms with Crippen molar-refractivity contribution in [3.63, 3.8) is 0 Å². The fraction of sp³-hybridized carbons (Fsp3) is 0.321. The van der Waals surface area contributed by atoms with Crippen LogP contribution in [-0.2, 0) is 4.79 Å². The number of hydrogen-bond acceptors (Lipinski definition) is 6. The number of hydrogen-bond donors (Lipinski definition) is 3. The van der Waals surface area contributed by atoms with Crippen LogP contribution in [0.1, 0.15) is 36.4 Å². The molecular formula is C28H29N5O3S. The molecule has 3 aromatic rings. The number of nitrogens with one attached hydrogen (secondary N) is 3. The third-order valence-corrected chi connectivity index (χ3v) is 8.66. The summed E-state index contributed by atoms with van der Waals surface area (Å²) in [6.45, 7) is 1.96. The first kappa shape index (κ1) is 23.8. The van der Waals surface area contributed by atoms with Gasteiger partial charge in [0.2, 0.25) is 5.91 Å². The van der Waals surface area contributed by atoms with Crippen LogP contribution in [0.15, 0.2) is 65.8 Å². The van der Waals surface area contributed by atoms with Gasteiger partial charge in [-0.3, -0.25) is 9.69 Å². The summed E-state index contributed by atoms with van der Waals surface area (Å²) in [5, 5.41) is 9.96. The second-order valence-electron chi connectivity index (χ2n) is 9.65. The monoisotopic (exact) mass is 515 g/mol. The lowest BCUT2D eigenvalue weighted by Gasteiger charge is -2.35. The van der Waals surface area contributed by atoms with E-state index in [1.54, 1.807) is 11.1 Å². The minimum Gasteiger partial charge on any atom is -0.457 e. The Morgan fingerprint density at radius 3 is 2.68 bits per heavy atom. The molecule has 3 heterocycles. The number of anilines is 2. The van der Waals surface area contributed by atoms with Gasteiger partial charge in [0.15, 0.2) is 0 Å². The number of urea groups is 1. The van der Waals surface area contributed by atoms with Crippen LogP contribution in [0.5, 0.6) is 11.5 Å². The highest BCUT2D eigenvalue weighted by Gasteiger charge is 2.47. The lowest BCUT2D eigenvalue weighted by Crippen LogP contribution is -2.52. The highest BCUT2D eigenvalue weighted by molar-refractivity contribution is 8.01. The number of aromatic nitrogens is 1. The van der Waals surface area contributed by atoms with Crippen LogP contribution >= 0.6 is 11.8 Å². The lowest BCUT2D eigenvalue weighted by atomic mass is 9.99. The standard InChI is InChI=1S/C28H29N5O3S/c1-16-15-18(36-17-7-4-3-5-8-17)11-12-21(16)33-22-13-14-30-27-23(22)24(32-28(33)35)25(37-27)26(34)31-20-10-6-9-19(20)29-2/h3-5,7-8,11-15,19-20,24-25,29H,6,9-10H2,1-2H3,(H,31,34)(H,32,35)/t19-,20-,24?,25?/m1/s1. The van der Waals surface area contributed by atoms with Crippen LogP contribution in [0.3, 0.4) is 0 Å². The molecule has 8 nitrogen and oxygen atoms in total. The van der Waals surface area contributed by atoms with E-state index in [-0.39, 0.29) is 24.0 Å². The van der Waals surface area contributed by atoms with Gasteiger partial charge in [-0.25, -0.2) is 9.78 Å². The minimum absolute atomic E-state index is 0.0570. The third-order valence-electron chi connectivity index (χ3n) is 7.37. The van der Waals surface area contributed by atoms with Crippen LogP contribution < -0.4 is 25.6 Å². The average molecular weight is 516 g/mol. The van der Waals surface area contributed by atoms with Crippen LogP contribution in [0, 0.1) is 6.92 Å². The maximum absolute atomic E-state index is 13.5. The summed E-state index contributed by atoms with van der Waals surface area (Å²) in [7, 11) is 1.93. The second-order valence-corrected chi connectivity index (χ2v) is 10.8. The van der Waals surface area contributed by atoms with Crippen molar-refractivity contribution in [2.45, 2.75) is 54.6 Å². The van der Waals surface area contributed by atoms with E-state index in [1.165, 1.54) is 11.8 Å². The average Bonchev–Trinajstić information content (AvgIpc) is 3.50. The molecule has 2 aromatic carbocycles. The van der Waals surface area contributed by atoms with Crippen molar-refractivity contribution in [3.05, 3.63) is 71.9 Å². The first-order valence-corrected chi connectivity index (χ1v) is 13.5. The summed E-state index contributed by atoms with van der Waals surface area (Å²) in [4.78, 5) is 33.1. The van der Waals surface area contributed by atoms with E-state index in [0.717, 1.165) is 52.5 Å². The summed E-state index contributed by atoms with van der Waals surface area (Å²) < 4.78 is 5.97. The molecule has 4 atom stereocenters. The summed E-state index contributed by atoms with van der Waals surface area (Å²) in [6.07, 6.45) is 4.80. The Morgan fingerprint density at radius 1 is 1.08 bits per heavy atom. The summed E-state index contributed by atoms with van der Waals surface area (Å²) in [5.41, 5.74) is 3.31. The maximum atomic E-state index is 13.5. The molecule has 1 saturated carbocycles. The molecule has 3 aliphatic rings. The SMILES string of the molecule is CN[C@@H]1CCC[C@H]1NC(=O)C1Sc2nccc3c2C1NC(=O)N3c1ccc(Oc2ccccc2)cc1C. The molecule has 0 spiro atoms. The molecule has 37 heavy (non-hydrogen) atoms. The number of aryl methyl sites for hydroxylation is 1. The van der Waals surface area contributed by atoms with Gasteiger partial charge >= 0.3 is 6.03 Å². The van der Waals surface area contributed by atoms with Crippen molar-refractivity contribution in [1.29, 1.82) is 0 Å². The van der Waals surface area contributed by atoms with E-state index in [4.69, 9.17) is 4.74 Å². The molecule has 3 amide bonds. The topological polar surface area (TPSA) is 95.6 Å². The van der Waals surface area contributed by atoms with Gasteiger partial charge in [-0.05, 0) is 75.2 Å². The first-order chi connectivity index (χ1) is 18.0. The van der Waals surface area contributed by atoms with Crippen molar-refractivity contribution in [2.24, 2.45) is 0 Å². The number of rotatable bonds is 6. The number of nitrogens with zero attached hydrogens (tertiary/aromatic N) is 2. The largest absolute Gasteiger partial charge is 0.457 e. The number of carbonyl (C=O) groups is 2. The zero-order valence-electron chi connectivity index (χ0n) is 20.7. The number of carbonyl (C=O) groups excluding carboxylic acids is 2. The quantitative estimate of drug-likeness (QED) is 0.436. The van der Waals surface area contributed by atoms with Crippen molar-refractivity contribution >= 4 is 35.1 Å². The number of pyridine rings is 1. The fourth-order valence-electron chi connectivity index (χ4n) is 5.57. The van der Waals surface area contributed by atoms with Gasteiger partial charge in [0.1, 0.15) is 21.8 Å². The van der Waals surface area contributed by atoms with Crippen molar-refractivity contribution in [3.8, 4) is 11.5 Å². The Bertz CT molecular complexity index is 1350. The Hall–Kier alpha value is -3.56. The van der Waals surface area contributed by atoms with Crippen LogP contribution in [0.25, 0.3) is 0 Å². The van der Waals surface area contributed by atoms with E-state index in [0.29, 0.717) is 5.75 Å². The normalized spacial score (nSPS) is 23.9. The number of thioether (sulfide) groups is 1. The van der Waals surface area contributed by atoms with Gasteiger partial charge in [0.05, 0.1) is 17.4 Å². The number of amides is 3. The third kappa shape index (κ3) is 4.32. The van der Waals surface area contributed by atoms with Crippen molar-refractivity contribution < 1.29 is 14.3 Å². The number of para-hydroxylation sites is 1. The number of benzene rings is 2. The highest BCUT2D eigenvalue weighted by atomic mass is 32.2. The van der Waals surface area contributed by atoms with Gasteiger partial charge in [-0.15, -0.1) is 0 Å². The Labute approximate surface area is 220 Å². The molecule has 3 N–H and O–H groups in total. The first-order valence-electron chi connectivity index (χ1n) is 12.6. The summed E-state index contributed by atoms with van der Waals surface area (Å²) in [5.74, 6) is 1.39. The molecule has 2 aliphatic heterocycles. The van der Waals surface area contributed by atoms with Crippen molar-refractivity contribution in [2.75, 3.05) is 11.9 Å². The van der Waals surface area contributed by atoms with Crippen molar-refractivity contribution in [1.82, 2.24) is 20.9 Å². The molecule has 6 rings (SSSR count). The fourth-order valence-corrected chi connectivity index (χ4v) is 6.81. The molecule has 1 aromatic heterocycles. The summed E-state index contributed by atoms with van der Waals surface area (Å²) in [6, 6.07) is 16.8. The van der Waals surface area contributed by atoms with E-state index in [9.17, 15) is 9.59 Å². The zero-order chi connectivity index (χ0) is 25.5. The Morgan fingerprint density at radius 2 is 1.89 bits per heavy atom. The molecule has 1 aliphatic carbocycles. The second kappa shape index (κ2) is 9.72. The number of likely N-dealkylation sites (N-methyl/N-ethyl adjacent to an activating group) is 1.